The number of hydrogen-bond acceptors (Lipinski definition) is 7. The molecule has 4 rings (SSSR count). The summed E-state index contributed by atoms with van der Waals surface area (Å²) in [6.07, 6.45) is 3.62. The molecule has 1 aliphatic heterocycles. The maximum Gasteiger partial charge on any atom is 0.220 e. The number of nitrogens with two attached hydrogens (primary N) is 2. The Morgan fingerprint density at radius 2 is 1.92 bits per heavy atom. The van der Waals surface area contributed by atoms with Crippen molar-refractivity contribution in [2.24, 2.45) is 0 Å². The van der Waals surface area contributed by atoms with Crippen LogP contribution in [0.3, 0.4) is 0 Å². The summed E-state index contributed by atoms with van der Waals surface area (Å²) < 4.78 is 14.7. The van der Waals surface area contributed by atoms with Crippen molar-refractivity contribution in [3.05, 3.63) is 41.3 Å². The van der Waals surface area contributed by atoms with E-state index < -0.39 is 5.82 Å². The number of thiazole rings is 1. The van der Waals surface area contributed by atoms with Gasteiger partial charge in [0.25, 0.3) is 0 Å². The van der Waals surface area contributed by atoms with Crippen LogP contribution in [0.15, 0.2) is 30.5 Å². The third kappa shape index (κ3) is 3.13. The average molecular weight is 370 g/mol. The monoisotopic (exact) mass is 370 g/mol. The Bertz CT molecular complexity index is 935. The van der Waals surface area contributed by atoms with Gasteiger partial charge in [0.05, 0.1) is 27.0 Å². The third-order valence-electron chi connectivity index (χ3n) is 4.52. The van der Waals surface area contributed by atoms with Crippen LogP contribution < -0.4 is 16.8 Å². The lowest BCUT2D eigenvalue weighted by Crippen LogP contribution is -2.26. The number of hydrogen-bond donors (Lipinski definition) is 3. The minimum atomic E-state index is -0.460. The SMILES string of the molecule is Nc1nccc(-c2sc(C3CCNCC3)nc2-c2cccc(N)c2F)n1. The maximum absolute atomic E-state index is 14.7. The molecule has 5 N–H and O–H groups in total. The summed E-state index contributed by atoms with van der Waals surface area (Å²) in [7, 11) is 0. The summed E-state index contributed by atoms with van der Waals surface area (Å²) in [6, 6.07) is 6.74. The zero-order chi connectivity index (χ0) is 18.1. The number of aromatic nitrogens is 3. The van der Waals surface area contributed by atoms with Gasteiger partial charge in [-0.15, -0.1) is 11.3 Å². The highest BCUT2D eigenvalue weighted by atomic mass is 32.1. The van der Waals surface area contributed by atoms with Crippen molar-refractivity contribution in [2.45, 2.75) is 18.8 Å². The molecule has 0 radical (unpaired) electrons. The molecule has 0 atom stereocenters. The molecular formula is C18H19FN6S. The number of rotatable bonds is 3. The first-order chi connectivity index (χ1) is 12.6. The molecule has 1 fully saturated rings. The maximum atomic E-state index is 14.7. The standard InChI is InChI=1S/C18H19FN6S/c19-14-11(2-1-3-12(14)20)15-16(13-6-9-23-18(21)24-13)26-17(25-15)10-4-7-22-8-5-10/h1-3,6,9-10,22H,4-5,7-8,20H2,(H2,21,23,24). The molecule has 2 aromatic heterocycles. The van der Waals surface area contributed by atoms with Crippen molar-refractivity contribution >= 4 is 23.0 Å². The Morgan fingerprint density at radius 3 is 2.69 bits per heavy atom. The van der Waals surface area contributed by atoms with Crippen LogP contribution in [-0.4, -0.2) is 28.0 Å². The van der Waals surface area contributed by atoms with Gasteiger partial charge >= 0.3 is 0 Å². The molecular weight excluding hydrogens is 351 g/mol. The van der Waals surface area contributed by atoms with Crippen molar-refractivity contribution in [3.63, 3.8) is 0 Å². The van der Waals surface area contributed by atoms with Crippen LogP contribution in [0, 0.1) is 5.82 Å². The molecule has 8 heteroatoms. The van der Waals surface area contributed by atoms with Gasteiger partial charge in [-0.05, 0) is 44.1 Å². The predicted octanol–water partition coefficient (Wildman–Crippen LogP) is 3.04. The molecule has 0 amide bonds. The molecule has 0 bridgehead atoms. The van der Waals surface area contributed by atoms with Crippen LogP contribution in [0.4, 0.5) is 16.0 Å². The molecule has 3 aromatic rings. The van der Waals surface area contributed by atoms with E-state index in [9.17, 15) is 4.39 Å². The van der Waals surface area contributed by atoms with Crippen molar-refractivity contribution in [3.8, 4) is 21.8 Å². The highest BCUT2D eigenvalue weighted by Gasteiger charge is 2.25. The van der Waals surface area contributed by atoms with Gasteiger partial charge in [-0.1, -0.05) is 6.07 Å². The van der Waals surface area contributed by atoms with Crippen LogP contribution in [0.2, 0.25) is 0 Å². The van der Waals surface area contributed by atoms with Crippen LogP contribution >= 0.6 is 11.3 Å². The fourth-order valence-electron chi connectivity index (χ4n) is 3.17. The van der Waals surface area contributed by atoms with Crippen LogP contribution in [0.5, 0.6) is 0 Å². The Balaban J connectivity index is 1.87. The molecule has 3 heterocycles. The van der Waals surface area contributed by atoms with Gasteiger partial charge in [0.15, 0.2) is 5.82 Å². The Morgan fingerprint density at radius 1 is 1.12 bits per heavy atom. The number of nitrogens with zero attached hydrogens (tertiary/aromatic N) is 3. The fourth-order valence-corrected chi connectivity index (χ4v) is 4.39. The highest BCUT2D eigenvalue weighted by Crippen LogP contribution is 2.41. The van der Waals surface area contributed by atoms with Gasteiger partial charge in [-0.25, -0.2) is 19.3 Å². The Kier molecular flexibility index (Phi) is 4.52. The lowest BCUT2D eigenvalue weighted by Gasteiger charge is -2.20. The molecule has 134 valence electrons. The van der Waals surface area contributed by atoms with Crippen molar-refractivity contribution in [1.29, 1.82) is 0 Å². The van der Waals surface area contributed by atoms with Crippen molar-refractivity contribution < 1.29 is 4.39 Å². The molecule has 1 aromatic carbocycles. The number of halogens is 1. The van der Waals surface area contributed by atoms with E-state index in [1.54, 1.807) is 41.8 Å². The largest absolute Gasteiger partial charge is 0.396 e. The van der Waals surface area contributed by atoms with E-state index in [2.05, 4.69) is 15.3 Å². The zero-order valence-electron chi connectivity index (χ0n) is 14.1. The first kappa shape index (κ1) is 16.9. The number of nitrogens with one attached hydrogen (secondary N) is 1. The summed E-state index contributed by atoms with van der Waals surface area (Å²) in [6.45, 7) is 1.92. The number of benzene rings is 1. The topological polar surface area (TPSA) is 103 Å². The van der Waals surface area contributed by atoms with E-state index >= 15 is 0 Å². The van der Waals surface area contributed by atoms with Crippen LogP contribution in [-0.2, 0) is 0 Å². The van der Waals surface area contributed by atoms with Gasteiger partial charge in [-0.3, -0.25) is 0 Å². The Labute approximate surface area is 154 Å². The summed E-state index contributed by atoms with van der Waals surface area (Å²) in [5, 5.41) is 4.35. The van der Waals surface area contributed by atoms with Gasteiger partial charge in [-0.2, -0.15) is 0 Å². The quantitative estimate of drug-likeness (QED) is 0.613. The number of piperidine rings is 1. The van der Waals surface area contributed by atoms with Crippen molar-refractivity contribution in [1.82, 2.24) is 20.3 Å². The second-order valence-corrected chi connectivity index (χ2v) is 7.29. The molecule has 0 spiro atoms. The summed E-state index contributed by atoms with van der Waals surface area (Å²) in [5.41, 5.74) is 13.2. The molecule has 0 aliphatic carbocycles. The summed E-state index contributed by atoms with van der Waals surface area (Å²) in [4.78, 5) is 13.9. The molecule has 6 nitrogen and oxygen atoms in total. The normalized spacial score (nSPS) is 15.3. The lowest BCUT2D eigenvalue weighted by atomic mass is 9.99. The molecule has 0 saturated carbocycles. The number of nitrogen functional groups attached to an aromatic ring is 2. The van der Waals surface area contributed by atoms with E-state index in [0.717, 1.165) is 35.8 Å². The first-order valence-corrected chi connectivity index (χ1v) is 9.30. The first-order valence-electron chi connectivity index (χ1n) is 8.48. The highest BCUT2D eigenvalue weighted by molar-refractivity contribution is 7.15. The van der Waals surface area contributed by atoms with Gasteiger partial charge in [0.2, 0.25) is 5.95 Å². The zero-order valence-corrected chi connectivity index (χ0v) is 14.9. The van der Waals surface area contributed by atoms with Crippen LogP contribution in [0.1, 0.15) is 23.8 Å². The lowest BCUT2D eigenvalue weighted by molar-refractivity contribution is 0.459. The average Bonchev–Trinajstić information content (AvgIpc) is 3.10. The summed E-state index contributed by atoms with van der Waals surface area (Å²) in [5.74, 6) is 0.0771. The minimum absolute atomic E-state index is 0.104. The van der Waals surface area contributed by atoms with Gasteiger partial charge in [0, 0.05) is 17.7 Å². The predicted molar refractivity (Wildman–Crippen MR) is 102 cm³/mol. The van der Waals surface area contributed by atoms with E-state index in [4.69, 9.17) is 16.5 Å². The van der Waals surface area contributed by atoms with Crippen molar-refractivity contribution in [2.75, 3.05) is 24.6 Å². The fraction of sp³-hybridized carbons (Fsp3) is 0.278. The minimum Gasteiger partial charge on any atom is -0.396 e. The molecule has 26 heavy (non-hydrogen) atoms. The molecule has 1 aliphatic rings. The van der Waals surface area contributed by atoms with Crippen LogP contribution in [0.25, 0.3) is 21.8 Å². The molecule has 1 saturated heterocycles. The van der Waals surface area contributed by atoms with E-state index in [0.29, 0.717) is 22.9 Å². The van der Waals surface area contributed by atoms with E-state index in [-0.39, 0.29) is 11.6 Å². The third-order valence-corrected chi connectivity index (χ3v) is 5.76. The van der Waals surface area contributed by atoms with Gasteiger partial charge in [0.1, 0.15) is 0 Å². The van der Waals surface area contributed by atoms with E-state index in [1.165, 1.54) is 0 Å². The van der Waals surface area contributed by atoms with E-state index in [1.807, 2.05) is 0 Å². The second kappa shape index (κ2) is 6.97. The number of anilines is 2. The second-order valence-electron chi connectivity index (χ2n) is 6.26. The Hall–Kier alpha value is -2.58. The smallest absolute Gasteiger partial charge is 0.220 e. The molecule has 0 unspecified atom stereocenters. The van der Waals surface area contributed by atoms with Gasteiger partial charge < -0.3 is 16.8 Å². The summed E-state index contributed by atoms with van der Waals surface area (Å²) >= 11 is 1.55.